The molecule has 1 aliphatic heterocycles. The van der Waals surface area contributed by atoms with Gasteiger partial charge in [0.05, 0.1) is 0 Å². The molecule has 1 heterocycles. The highest BCUT2D eigenvalue weighted by Crippen LogP contribution is 2.38. The molecule has 2 saturated carbocycles. The first-order valence-corrected chi connectivity index (χ1v) is 7.30. The van der Waals surface area contributed by atoms with Crippen molar-refractivity contribution in [1.82, 2.24) is 10.2 Å². The monoisotopic (exact) mass is 222 g/mol. The molecule has 2 heteroatoms. The lowest BCUT2D eigenvalue weighted by Crippen LogP contribution is -2.34. The maximum Gasteiger partial charge on any atom is 0.00792 e. The van der Waals surface area contributed by atoms with Crippen LogP contribution in [0.1, 0.15) is 45.4 Å². The van der Waals surface area contributed by atoms with Gasteiger partial charge in [0.15, 0.2) is 0 Å². The molecule has 16 heavy (non-hydrogen) atoms. The molecule has 3 unspecified atom stereocenters. The SMILES string of the molecule is CC(CCNC1CC1)N1CC2CCCC2C1. The quantitative estimate of drug-likeness (QED) is 0.767. The summed E-state index contributed by atoms with van der Waals surface area (Å²) < 4.78 is 0. The Balaban J connectivity index is 1.39. The van der Waals surface area contributed by atoms with Gasteiger partial charge in [-0.3, -0.25) is 0 Å². The summed E-state index contributed by atoms with van der Waals surface area (Å²) in [5.74, 6) is 2.11. The molecule has 0 aromatic carbocycles. The van der Waals surface area contributed by atoms with E-state index in [0.717, 1.165) is 23.9 Å². The Labute approximate surface area is 99.8 Å². The minimum atomic E-state index is 0.803. The lowest BCUT2D eigenvalue weighted by Gasteiger charge is -2.25. The largest absolute Gasteiger partial charge is 0.314 e. The van der Waals surface area contributed by atoms with Crippen molar-refractivity contribution < 1.29 is 0 Å². The van der Waals surface area contributed by atoms with Crippen LogP contribution in [0.25, 0.3) is 0 Å². The Morgan fingerprint density at radius 3 is 2.44 bits per heavy atom. The van der Waals surface area contributed by atoms with Crippen LogP contribution in [0.5, 0.6) is 0 Å². The summed E-state index contributed by atoms with van der Waals surface area (Å²) in [4.78, 5) is 2.75. The Hall–Kier alpha value is -0.0800. The topological polar surface area (TPSA) is 15.3 Å². The van der Waals surface area contributed by atoms with Gasteiger partial charge in [0.2, 0.25) is 0 Å². The third-order valence-corrected chi connectivity index (χ3v) is 4.95. The third kappa shape index (κ3) is 2.43. The highest BCUT2D eigenvalue weighted by Gasteiger charge is 2.37. The standard InChI is InChI=1S/C14H26N2/c1-11(7-8-15-14-5-6-14)16-9-12-3-2-4-13(12)10-16/h11-15H,2-10H2,1H3. The fourth-order valence-electron chi connectivity index (χ4n) is 3.60. The van der Waals surface area contributed by atoms with Gasteiger partial charge in [-0.25, -0.2) is 0 Å². The second kappa shape index (κ2) is 4.66. The van der Waals surface area contributed by atoms with E-state index in [4.69, 9.17) is 0 Å². The van der Waals surface area contributed by atoms with Crippen LogP contribution < -0.4 is 5.32 Å². The predicted molar refractivity (Wildman–Crippen MR) is 67.5 cm³/mol. The van der Waals surface area contributed by atoms with E-state index in [1.807, 2.05) is 0 Å². The van der Waals surface area contributed by atoms with Crippen LogP contribution in [-0.4, -0.2) is 36.6 Å². The molecular weight excluding hydrogens is 196 g/mol. The molecular formula is C14H26N2. The second-order valence-corrected chi connectivity index (χ2v) is 6.27. The first-order chi connectivity index (χ1) is 7.83. The molecule has 0 amide bonds. The Kier molecular flexibility index (Phi) is 3.21. The molecule has 0 bridgehead atoms. The first kappa shape index (κ1) is 11.0. The average Bonchev–Trinajstić information content (AvgIpc) is 2.84. The van der Waals surface area contributed by atoms with E-state index >= 15 is 0 Å². The van der Waals surface area contributed by atoms with Crippen LogP contribution >= 0.6 is 0 Å². The van der Waals surface area contributed by atoms with Crippen LogP contribution in [-0.2, 0) is 0 Å². The maximum absolute atomic E-state index is 3.63. The molecule has 1 N–H and O–H groups in total. The van der Waals surface area contributed by atoms with E-state index in [9.17, 15) is 0 Å². The second-order valence-electron chi connectivity index (χ2n) is 6.27. The zero-order chi connectivity index (χ0) is 11.0. The van der Waals surface area contributed by atoms with Crippen molar-refractivity contribution in [3.8, 4) is 0 Å². The summed E-state index contributed by atoms with van der Waals surface area (Å²) in [7, 11) is 0. The minimum Gasteiger partial charge on any atom is -0.314 e. The predicted octanol–water partition coefficient (Wildman–Crippen LogP) is 2.25. The molecule has 92 valence electrons. The lowest BCUT2D eigenvalue weighted by atomic mass is 10.0. The molecule has 3 rings (SSSR count). The van der Waals surface area contributed by atoms with Gasteiger partial charge >= 0.3 is 0 Å². The number of nitrogens with one attached hydrogen (secondary N) is 1. The van der Waals surface area contributed by atoms with Crippen LogP contribution in [0.4, 0.5) is 0 Å². The maximum atomic E-state index is 3.63. The highest BCUT2D eigenvalue weighted by molar-refractivity contribution is 4.90. The fraction of sp³-hybridized carbons (Fsp3) is 1.00. The zero-order valence-electron chi connectivity index (χ0n) is 10.6. The van der Waals surface area contributed by atoms with Crippen molar-refractivity contribution in [3.05, 3.63) is 0 Å². The smallest absolute Gasteiger partial charge is 0.00792 e. The Morgan fingerprint density at radius 1 is 1.12 bits per heavy atom. The lowest BCUT2D eigenvalue weighted by molar-refractivity contribution is 0.227. The normalized spacial score (nSPS) is 36.6. The van der Waals surface area contributed by atoms with E-state index < -0.39 is 0 Å². The van der Waals surface area contributed by atoms with Crippen LogP contribution in [0.2, 0.25) is 0 Å². The highest BCUT2D eigenvalue weighted by atomic mass is 15.2. The summed E-state index contributed by atoms with van der Waals surface area (Å²) >= 11 is 0. The molecule has 2 aliphatic carbocycles. The van der Waals surface area contributed by atoms with Crippen molar-refractivity contribution >= 4 is 0 Å². The summed E-state index contributed by atoms with van der Waals surface area (Å²) in [5.41, 5.74) is 0. The van der Waals surface area contributed by atoms with Crippen molar-refractivity contribution in [2.24, 2.45) is 11.8 Å². The molecule has 0 aromatic heterocycles. The van der Waals surface area contributed by atoms with Crippen molar-refractivity contribution in [2.75, 3.05) is 19.6 Å². The Morgan fingerprint density at radius 2 is 1.81 bits per heavy atom. The number of rotatable bonds is 5. The molecule has 0 spiro atoms. The van der Waals surface area contributed by atoms with Gasteiger partial charge in [0.25, 0.3) is 0 Å². The van der Waals surface area contributed by atoms with Crippen molar-refractivity contribution in [3.63, 3.8) is 0 Å². The average molecular weight is 222 g/mol. The van der Waals surface area contributed by atoms with Crippen LogP contribution in [0, 0.1) is 11.8 Å². The molecule has 0 aromatic rings. The van der Waals surface area contributed by atoms with Crippen molar-refractivity contribution in [2.45, 2.75) is 57.5 Å². The van der Waals surface area contributed by atoms with Crippen molar-refractivity contribution in [1.29, 1.82) is 0 Å². The first-order valence-electron chi connectivity index (χ1n) is 7.30. The molecule has 3 fully saturated rings. The van der Waals surface area contributed by atoms with E-state index in [-0.39, 0.29) is 0 Å². The van der Waals surface area contributed by atoms with Gasteiger partial charge in [-0.15, -0.1) is 0 Å². The Bertz CT molecular complexity index is 225. The van der Waals surface area contributed by atoms with Crippen LogP contribution in [0.15, 0.2) is 0 Å². The van der Waals surface area contributed by atoms with Gasteiger partial charge in [0, 0.05) is 25.2 Å². The molecule has 1 saturated heterocycles. The van der Waals surface area contributed by atoms with E-state index in [0.29, 0.717) is 0 Å². The zero-order valence-corrected chi connectivity index (χ0v) is 10.6. The summed E-state index contributed by atoms with van der Waals surface area (Å²) in [6, 6.07) is 1.68. The molecule has 3 atom stereocenters. The molecule has 2 nitrogen and oxygen atoms in total. The van der Waals surface area contributed by atoms with Gasteiger partial charge in [-0.05, 0) is 57.4 Å². The number of hydrogen-bond donors (Lipinski definition) is 1. The van der Waals surface area contributed by atoms with Crippen LogP contribution in [0.3, 0.4) is 0 Å². The summed E-state index contributed by atoms with van der Waals surface area (Å²) in [5, 5.41) is 3.63. The number of nitrogens with zero attached hydrogens (tertiary/aromatic N) is 1. The summed E-state index contributed by atoms with van der Waals surface area (Å²) in [6.45, 7) is 6.46. The van der Waals surface area contributed by atoms with E-state index in [2.05, 4.69) is 17.1 Å². The minimum absolute atomic E-state index is 0.803. The number of likely N-dealkylation sites (tertiary alicyclic amines) is 1. The third-order valence-electron chi connectivity index (χ3n) is 4.95. The molecule has 0 radical (unpaired) electrons. The number of hydrogen-bond acceptors (Lipinski definition) is 2. The fourth-order valence-corrected chi connectivity index (χ4v) is 3.60. The van der Waals surface area contributed by atoms with Gasteiger partial charge in [0.1, 0.15) is 0 Å². The van der Waals surface area contributed by atoms with Gasteiger partial charge in [-0.1, -0.05) is 6.42 Å². The van der Waals surface area contributed by atoms with Gasteiger partial charge < -0.3 is 10.2 Å². The van der Waals surface area contributed by atoms with E-state index in [1.165, 1.54) is 58.2 Å². The summed E-state index contributed by atoms with van der Waals surface area (Å²) in [6.07, 6.45) is 8.70. The molecule has 3 aliphatic rings. The van der Waals surface area contributed by atoms with E-state index in [1.54, 1.807) is 0 Å². The number of fused-ring (bicyclic) bond motifs is 1. The van der Waals surface area contributed by atoms with Gasteiger partial charge in [-0.2, -0.15) is 0 Å².